The Kier molecular flexibility index (Phi) is 11.5. The number of para-hydroxylation sites is 1. The third-order valence-electron chi connectivity index (χ3n) is 4.81. The van der Waals surface area contributed by atoms with Crippen molar-refractivity contribution in [2.45, 2.75) is 43.8 Å². The number of carbonyl (C=O) groups is 2. The molecule has 0 spiro atoms. The largest absolute Gasteiger partial charge is 0.491 e. The number of nitrogens with one attached hydrogen (secondary N) is 1. The van der Waals surface area contributed by atoms with Crippen LogP contribution in [0.5, 0.6) is 5.75 Å². The molecule has 33 heavy (non-hydrogen) atoms. The van der Waals surface area contributed by atoms with E-state index in [0.29, 0.717) is 38.4 Å². The van der Waals surface area contributed by atoms with Crippen LogP contribution in [-0.2, 0) is 20.9 Å². The summed E-state index contributed by atoms with van der Waals surface area (Å²) < 4.78 is 11.1. The number of alkyl halides is 2. The van der Waals surface area contributed by atoms with Crippen molar-refractivity contribution in [2.75, 3.05) is 25.1 Å². The topological polar surface area (TPSA) is 93.9 Å². The van der Waals surface area contributed by atoms with E-state index in [0.717, 1.165) is 11.3 Å². The van der Waals surface area contributed by atoms with Gasteiger partial charge in [-0.25, -0.2) is 0 Å². The first-order chi connectivity index (χ1) is 15.8. The number of hydrogen-bond donors (Lipinski definition) is 2. The number of hydrogen-bond acceptors (Lipinski definition) is 5. The minimum Gasteiger partial charge on any atom is -0.491 e. The van der Waals surface area contributed by atoms with Gasteiger partial charge in [0.25, 0.3) is 5.91 Å². The Bertz CT molecular complexity index is 866. The highest BCUT2D eigenvalue weighted by atomic mass is 35.5. The van der Waals surface area contributed by atoms with Crippen LogP contribution in [0.1, 0.15) is 25.8 Å². The number of carbonyl (C=O) groups excluding carboxylic acids is 2. The number of amides is 2. The van der Waals surface area contributed by atoms with Gasteiger partial charge in [-0.2, -0.15) is 0 Å². The maximum atomic E-state index is 12.5. The molecule has 0 saturated carbocycles. The maximum absolute atomic E-state index is 12.5. The zero-order valence-corrected chi connectivity index (χ0v) is 20.4. The van der Waals surface area contributed by atoms with Crippen LogP contribution < -0.4 is 15.8 Å². The molecule has 0 aromatic heterocycles. The highest BCUT2D eigenvalue weighted by molar-refractivity contribution is 6.53. The van der Waals surface area contributed by atoms with Crippen LogP contribution in [0.3, 0.4) is 0 Å². The molecule has 2 aromatic rings. The Morgan fingerprint density at radius 3 is 2.36 bits per heavy atom. The molecule has 0 fully saturated rings. The van der Waals surface area contributed by atoms with Gasteiger partial charge in [0.05, 0.1) is 18.8 Å². The molecule has 9 heteroatoms. The molecular formula is C24H31Cl2N3O4. The van der Waals surface area contributed by atoms with Gasteiger partial charge in [0.2, 0.25) is 5.91 Å². The summed E-state index contributed by atoms with van der Waals surface area (Å²) in [6.07, 6.45) is 0.150. The highest BCUT2D eigenvalue weighted by Gasteiger charge is 2.21. The van der Waals surface area contributed by atoms with Crippen LogP contribution in [0.15, 0.2) is 54.6 Å². The van der Waals surface area contributed by atoms with Gasteiger partial charge in [-0.15, -0.1) is 0 Å². The molecule has 180 valence electrons. The average Bonchev–Trinajstić information content (AvgIpc) is 2.79. The lowest BCUT2D eigenvalue weighted by atomic mass is 10.1. The monoisotopic (exact) mass is 495 g/mol. The summed E-state index contributed by atoms with van der Waals surface area (Å²) in [6, 6.07) is 15.8. The van der Waals surface area contributed by atoms with Gasteiger partial charge >= 0.3 is 0 Å². The van der Waals surface area contributed by atoms with Gasteiger partial charge < -0.3 is 25.4 Å². The summed E-state index contributed by atoms with van der Waals surface area (Å²) in [5, 5.41) is 2.81. The molecule has 0 radical (unpaired) electrons. The molecule has 2 aromatic carbocycles. The summed E-state index contributed by atoms with van der Waals surface area (Å²) >= 11 is 11.5. The Balaban J connectivity index is 1.88. The van der Waals surface area contributed by atoms with Crippen molar-refractivity contribution in [2.24, 2.45) is 5.73 Å². The first-order valence-electron chi connectivity index (χ1n) is 10.8. The number of anilines is 1. The number of rotatable bonds is 13. The summed E-state index contributed by atoms with van der Waals surface area (Å²) in [7, 11) is 0. The second-order valence-electron chi connectivity index (χ2n) is 7.53. The average molecular weight is 496 g/mol. The quantitative estimate of drug-likeness (QED) is 0.323. The molecule has 0 aliphatic carbocycles. The van der Waals surface area contributed by atoms with Gasteiger partial charge in [0.15, 0.2) is 4.84 Å². The molecule has 3 N–H and O–H groups in total. The van der Waals surface area contributed by atoms with Gasteiger partial charge in [-0.1, -0.05) is 53.5 Å². The highest BCUT2D eigenvalue weighted by Crippen LogP contribution is 2.16. The van der Waals surface area contributed by atoms with Gasteiger partial charge in [-0.05, 0) is 43.7 Å². The Labute approximate surface area is 205 Å². The van der Waals surface area contributed by atoms with Crippen molar-refractivity contribution < 1.29 is 19.1 Å². The van der Waals surface area contributed by atoms with E-state index in [1.165, 1.54) is 4.90 Å². The van der Waals surface area contributed by atoms with Crippen LogP contribution in [0.4, 0.5) is 5.69 Å². The van der Waals surface area contributed by atoms with Crippen molar-refractivity contribution >= 4 is 40.7 Å². The minimum absolute atomic E-state index is 0.219. The number of nitrogens with zero attached hydrogens (tertiary/aromatic N) is 1. The fraction of sp³-hybridized carbons (Fsp3) is 0.417. The second-order valence-corrected chi connectivity index (χ2v) is 8.62. The molecule has 0 saturated heterocycles. The number of halogens is 2. The molecule has 0 bridgehead atoms. The summed E-state index contributed by atoms with van der Waals surface area (Å²) in [5.41, 5.74) is 7.53. The van der Waals surface area contributed by atoms with Gasteiger partial charge in [-0.3, -0.25) is 9.59 Å². The predicted octanol–water partition coefficient (Wildman–Crippen LogP) is 3.98. The first kappa shape index (κ1) is 26.9. The van der Waals surface area contributed by atoms with Gasteiger partial charge in [0.1, 0.15) is 5.75 Å². The third kappa shape index (κ3) is 9.60. The van der Waals surface area contributed by atoms with Crippen LogP contribution in [-0.4, -0.2) is 53.5 Å². The zero-order chi connectivity index (χ0) is 24.2. The molecule has 2 rings (SSSR count). The zero-order valence-electron chi connectivity index (χ0n) is 18.9. The fourth-order valence-corrected chi connectivity index (χ4v) is 3.39. The molecule has 7 nitrogen and oxygen atoms in total. The smallest absolute Gasteiger partial charge is 0.256 e. The van der Waals surface area contributed by atoms with Crippen molar-refractivity contribution in [1.29, 1.82) is 0 Å². The molecule has 0 aliphatic heterocycles. The van der Waals surface area contributed by atoms with Crippen molar-refractivity contribution in [1.82, 2.24) is 4.90 Å². The van der Waals surface area contributed by atoms with E-state index in [-0.39, 0.29) is 17.9 Å². The van der Waals surface area contributed by atoms with E-state index in [9.17, 15) is 9.59 Å². The lowest BCUT2D eigenvalue weighted by Gasteiger charge is -2.23. The summed E-state index contributed by atoms with van der Waals surface area (Å²) in [4.78, 5) is 25.1. The van der Waals surface area contributed by atoms with E-state index in [1.807, 2.05) is 56.3 Å². The van der Waals surface area contributed by atoms with Crippen molar-refractivity contribution in [3.63, 3.8) is 0 Å². The minimum atomic E-state index is -1.14. The number of ether oxygens (including phenoxy) is 2. The lowest BCUT2D eigenvalue weighted by molar-refractivity contribution is -0.130. The molecule has 0 heterocycles. The number of benzene rings is 2. The van der Waals surface area contributed by atoms with Crippen LogP contribution in [0.25, 0.3) is 0 Å². The van der Waals surface area contributed by atoms with E-state index in [2.05, 4.69) is 5.32 Å². The van der Waals surface area contributed by atoms with E-state index < -0.39 is 10.9 Å². The SMILES string of the molecule is CCOCCN(Cc1ccc(NC(=O)[C@@H](N)CC(C)Oc2ccccc2)cc1)C(=O)C(Cl)Cl. The Hall–Kier alpha value is -2.32. The van der Waals surface area contributed by atoms with E-state index >= 15 is 0 Å². The fourth-order valence-electron chi connectivity index (χ4n) is 3.12. The first-order valence-corrected chi connectivity index (χ1v) is 11.7. The molecule has 2 amide bonds. The van der Waals surface area contributed by atoms with E-state index in [4.69, 9.17) is 38.4 Å². The van der Waals surface area contributed by atoms with Crippen molar-refractivity contribution in [3.05, 3.63) is 60.2 Å². The summed E-state index contributed by atoms with van der Waals surface area (Å²) in [5.74, 6) is 0.0526. The van der Waals surface area contributed by atoms with Gasteiger partial charge in [0, 0.05) is 31.8 Å². The molecule has 2 atom stereocenters. The van der Waals surface area contributed by atoms with Crippen LogP contribution >= 0.6 is 23.2 Å². The van der Waals surface area contributed by atoms with Crippen LogP contribution in [0, 0.1) is 0 Å². The maximum Gasteiger partial charge on any atom is 0.256 e. The lowest BCUT2D eigenvalue weighted by Crippen LogP contribution is -2.39. The Morgan fingerprint density at radius 1 is 1.09 bits per heavy atom. The molecule has 1 unspecified atom stereocenters. The summed E-state index contributed by atoms with van der Waals surface area (Å²) in [6.45, 7) is 5.40. The molecular weight excluding hydrogens is 465 g/mol. The van der Waals surface area contributed by atoms with E-state index in [1.54, 1.807) is 12.1 Å². The standard InChI is InChI=1S/C24H31Cl2N3O4/c1-3-32-14-13-29(24(31)22(25)26)16-18-9-11-19(12-10-18)28-23(30)21(27)15-17(2)33-20-7-5-4-6-8-20/h4-12,17,21-22H,3,13-16,27H2,1-2H3,(H,28,30)/t17?,21-/m0/s1. The number of nitrogens with two attached hydrogens (primary N) is 1. The van der Waals surface area contributed by atoms with Crippen LogP contribution in [0.2, 0.25) is 0 Å². The predicted molar refractivity (Wildman–Crippen MR) is 132 cm³/mol. The molecule has 0 aliphatic rings. The van der Waals surface area contributed by atoms with Crippen molar-refractivity contribution in [3.8, 4) is 5.75 Å². The second kappa shape index (κ2) is 14.1. The Morgan fingerprint density at radius 2 is 1.76 bits per heavy atom. The third-order valence-corrected chi connectivity index (χ3v) is 5.18. The normalized spacial score (nSPS) is 12.8.